The van der Waals surface area contributed by atoms with E-state index in [4.69, 9.17) is 4.42 Å². The highest BCUT2D eigenvalue weighted by Gasteiger charge is 2.33. The number of nitrogens with one attached hydrogen (secondary N) is 2. The minimum absolute atomic E-state index is 0.114. The Morgan fingerprint density at radius 2 is 1.69 bits per heavy atom. The van der Waals surface area contributed by atoms with E-state index in [0.29, 0.717) is 0 Å². The van der Waals surface area contributed by atoms with Gasteiger partial charge in [-0.25, -0.2) is 0 Å². The molecule has 35 heavy (non-hydrogen) atoms. The molecule has 2 aromatic carbocycles. The monoisotopic (exact) mass is 473 g/mol. The Bertz CT molecular complexity index is 1120. The van der Waals surface area contributed by atoms with Crippen LogP contribution in [0, 0.1) is 6.92 Å². The van der Waals surface area contributed by atoms with Crippen molar-refractivity contribution in [3.05, 3.63) is 95.4 Å². The molecule has 4 rings (SSSR count). The van der Waals surface area contributed by atoms with Gasteiger partial charge < -0.3 is 20.0 Å². The number of benzene rings is 2. The molecule has 7 nitrogen and oxygen atoms in total. The number of furan rings is 1. The zero-order valence-electron chi connectivity index (χ0n) is 19.9. The fourth-order valence-electron chi connectivity index (χ4n) is 4.43. The van der Waals surface area contributed by atoms with Crippen LogP contribution in [0.5, 0.6) is 0 Å². The Kier molecular flexibility index (Phi) is 7.98. The van der Waals surface area contributed by atoms with Crippen molar-refractivity contribution in [2.45, 2.75) is 51.2 Å². The quantitative estimate of drug-likeness (QED) is 0.489. The Labute approximate surface area is 205 Å². The molecule has 1 atom stereocenters. The van der Waals surface area contributed by atoms with E-state index in [1.54, 1.807) is 11.0 Å². The highest BCUT2D eigenvalue weighted by molar-refractivity contribution is 5.95. The predicted molar refractivity (Wildman–Crippen MR) is 132 cm³/mol. The molecule has 0 unspecified atom stereocenters. The van der Waals surface area contributed by atoms with Crippen LogP contribution in [0.3, 0.4) is 0 Å². The molecule has 1 fully saturated rings. The number of amides is 3. The molecule has 3 aromatic rings. The third-order valence-corrected chi connectivity index (χ3v) is 6.32. The van der Waals surface area contributed by atoms with Crippen LogP contribution in [-0.2, 0) is 16.1 Å². The summed E-state index contributed by atoms with van der Waals surface area (Å²) < 4.78 is 5.12. The largest absolute Gasteiger partial charge is 0.459 e. The number of nitrogens with zero attached hydrogens (tertiary/aromatic N) is 1. The maximum absolute atomic E-state index is 13.6. The molecular formula is C28H31N3O4. The summed E-state index contributed by atoms with van der Waals surface area (Å²) >= 11 is 0. The second kappa shape index (κ2) is 11.5. The van der Waals surface area contributed by atoms with Gasteiger partial charge in [-0.05, 0) is 43.0 Å². The van der Waals surface area contributed by atoms with Crippen molar-refractivity contribution >= 4 is 17.7 Å². The van der Waals surface area contributed by atoms with Crippen molar-refractivity contribution < 1.29 is 18.8 Å². The van der Waals surface area contributed by atoms with Crippen molar-refractivity contribution in [3.8, 4) is 0 Å². The van der Waals surface area contributed by atoms with E-state index in [1.165, 1.54) is 12.3 Å². The van der Waals surface area contributed by atoms with Gasteiger partial charge in [-0.1, -0.05) is 73.0 Å². The molecule has 1 saturated carbocycles. The lowest BCUT2D eigenvalue weighted by atomic mass is 10.0. The molecule has 2 N–H and O–H groups in total. The predicted octanol–water partition coefficient (Wildman–Crippen LogP) is 4.15. The van der Waals surface area contributed by atoms with E-state index in [-0.39, 0.29) is 36.7 Å². The molecule has 3 amide bonds. The standard InChI is InChI=1S/C28H31N3O4/c1-20-13-15-22(16-14-20)26(28(34)30-23-10-5-6-11-23)31(19-21-8-3-2-4-9-21)25(32)18-29-27(33)24-12-7-17-35-24/h2-4,7-9,12-17,23,26H,5-6,10-11,18-19H2,1H3,(H,29,33)(H,30,34)/t26-/m1/s1. The second-order valence-corrected chi connectivity index (χ2v) is 8.97. The summed E-state index contributed by atoms with van der Waals surface area (Å²) in [4.78, 5) is 41.1. The summed E-state index contributed by atoms with van der Waals surface area (Å²) in [7, 11) is 0. The Morgan fingerprint density at radius 1 is 0.971 bits per heavy atom. The molecule has 0 saturated heterocycles. The van der Waals surface area contributed by atoms with Crippen molar-refractivity contribution in [2.75, 3.05) is 6.54 Å². The molecule has 1 aliphatic rings. The number of rotatable bonds is 9. The van der Waals surface area contributed by atoms with Crippen LogP contribution in [0.25, 0.3) is 0 Å². The Hall–Kier alpha value is -3.87. The molecule has 1 heterocycles. The van der Waals surface area contributed by atoms with Gasteiger partial charge in [0.25, 0.3) is 5.91 Å². The van der Waals surface area contributed by atoms with E-state index in [1.807, 2.05) is 61.5 Å². The van der Waals surface area contributed by atoms with Crippen LogP contribution in [-0.4, -0.2) is 35.2 Å². The maximum Gasteiger partial charge on any atom is 0.287 e. The first-order valence-electron chi connectivity index (χ1n) is 12.0. The lowest BCUT2D eigenvalue weighted by molar-refractivity contribution is -0.141. The van der Waals surface area contributed by atoms with E-state index in [2.05, 4.69) is 10.6 Å². The molecule has 182 valence electrons. The van der Waals surface area contributed by atoms with E-state index in [0.717, 1.165) is 42.4 Å². The average Bonchev–Trinajstić information content (AvgIpc) is 3.58. The van der Waals surface area contributed by atoms with Gasteiger partial charge in [0.15, 0.2) is 5.76 Å². The van der Waals surface area contributed by atoms with E-state index >= 15 is 0 Å². The van der Waals surface area contributed by atoms with Crippen molar-refractivity contribution in [1.29, 1.82) is 0 Å². The number of carbonyl (C=O) groups is 3. The van der Waals surface area contributed by atoms with Crippen LogP contribution in [0.1, 0.15) is 59.0 Å². The summed E-state index contributed by atoms with van der Waals surface area (Å²) in [6, 6.07) is 19.6. The molecule has 7 heteroatoms. The van der Waals surface area contributed by atoms with E-state index < -0.39 is 11.9 Å². The van der Waals surface area contributed by atoms with Crippen LogP contribution >= 0.6 is 0 Å². The number of hydrogen-bond donors (Lipinski definition) is 2. The molecular weight excluding hydrogens is 442 g/mol. The normalized spacial score (nSPS) is 14.3. The van der Waals surface area contributed by atoms with Gasteiger partial charge in [-0.3, -0.25) is 14.4 Å². The molecule has 1 aliphatic carbocycles. The summed E-state index contributed by atoms with van der Waals surface area (Å²) in [6.07, 6.45) is 5.47. The van der Waals surface area contributed by atoms with Crippen molar-refractivity contribution in [1.82, 2.24) is 15.5 Å². The third-order valence-electron chi connectivity index (χ3n) is 6.32. The lowest BCUT2D eigenvalue weighted by Crippen LogP contribution is -2.48. The minimum atomic E-state index is -0.829. The summed E-state index contributed by atoms with van der Waals surface area (Å²) in [5.41, 5.74) is 2.69. The molecule has 0 bridgehead atoms. The van der Waals surface area contributed by atoms with Gasteiger partial charge in [-0.15, -0.1) is 0 Å². The number of hydrogen-bond acceptors (Lipinski definition) is 4. The first-order valence-corrected chi connectivity index (χ1v) is 12.0. The summed E-state index contributed by atoms with van der Waals surface area (Å²) in [5.74, 6) is -0.921. The van der Waals surface area contributed by atoms with Gasteiger partial charge in [0, 0.05) is 12.6 Å². The van der Waals surface area contributed by atoms with Gasteiger partial charge in [-0.2, -0.15) is 0 Å². The van der Waals surface area contributed by atoms with Crippen molar-refractivity contribution in [2.24, 2.45) is 0 Å². The zero-order valence-corrected chi connectivity index (χ0v) is 19.9. The van der Waals surface area contributed by atoms with Gasteiger partial charge in [0.2, 0.25) is 11.8 Å². The van der Waals surface area contributed by atoms with Crippen LogP contribution < -0.4 is 10.6 Å². The minimum Gasteiger partial charge on any atom is -0.459 e. The van der Waals surface area contributed by atoms with E-state index in [9.17, 15) is 14.4 Å². The molecule has 0 radical (unpaired) electrons. The lowest BCUT2D eigenvalue weighted by Gasteiger charge is -2.32. The number of aryl methyl sites for hydroxylation is 1. The number of carbonyl (C=O) groups excluding carboxylic acids is 3. The topological polar surface area (TPSA) is 91.7 Å². The third kappa shape index (κ3) is 6.38. The second-order valence-electron chi connectivity index (χ2n) is 8.97. The zero-order chi connectivity index (χ0) is 24.6. The first kappa shape index (κ1) is 24.3. The van der Waals surface area contributed by atoms with Crippen LogP contribution in [0.4, 0.5) is 0 Å². The highest BCUT2D eigenvalue weighted by Crippen LogP contribution is 2.26. The van der Waals surface area contributed by atoms with Gasteiger partial charge in [0.05, 0.1) is 12.8 Å². The summed E-state index contributed by atoms with van der Waals surface area (Å²) in [5, 5.41) is 5.79. The maximum atomic E-state index is 13.6. The average molecular weight is 474 g/mol. The SMILES string of the molecule is Cc1ccc([C@H](C(=O)NC2CCCC2)N(Cc2ccccc2)C(=O)CNC(=O)c2ccco2)cc1. The van der Waals surface area contributed by atoms with Crippen molar-refractivity contribution in [3.63, 3.8) is 0 Å². The molecule has 0 aliphatic heterocycles. The van der Waals surface area contributed by atoms with Gasteiger partial charge in [0.1, 0.15) is 6.04 Å². The van der Waals surface area contributed by atoms with Gasteiger partial charge >= 0.3 is 0 Å². The molecule has 0 spiro atoms. The fraction of sp³-hybridized carbons (Fsp3) is 0.321. The Balaban J connectivity index is 1.62. The highest BCUT2D eigenvalue weighted by atomic mass is 16.3. The fourth-order valence-corrected chi connectivity index (χ4v) is 4.43. The molecule has 1 aromatic heterocycles. The van der Waals surface area contributed by atoms with Crippen LogP contribution in [0.2, 0.25) is 0 Å². The Morgan fingerprint density at radius 3 is 2.34 bits per heavy atom. The summed E-state index contributed by atoms with van der Waals surface area (Å²) in [6.45, 7) is 1.95. The smallest absolute Gasteiger partial charge is 0.287 e. The van der Waals surface area contributed by atoms with Crippen LogP contribution in [0.15, 0.2) is 77.4 Å². The first-order chi connectivity index (χ1) is 17.0.